The summed E-state index contributed by atoms with van der Waals surface area (Å²) in [6, 6.07) is 6.61. The third kappa shape index (κ3) is 2.00. The number of aromatic hydroxyl groups is 1. The monoisotopic (exact) mass is 330 g/mol. The van der Waals surface area contributed by atoms with Gasteiger partial charge in [0.1, 0.15) is 11.6 Å². The van der Waals surface area contributed by atoms with E-state index in [2.05, 4.69) is 29.5 Å². The van der Waals surface area contributed by atoms with Gasteiger partial charge >= 0.3 is 0 Å². The SMILES string of the molecule is CCCc1cc2ccc(F)cc2c(I)c1O. The summed E-state index contributed by atoms with van der Waals surface area (Å²) in [5.74, 6) is 0.0219. The van der Waals surface area contributed by atoms with Gasteiger partial charge in [-0.05, 0) is 58.2 Å². The summed E-state index contributed by atoms with van der Waals surface area (Å²) in [4.78, 5) is 0. The van der Waals surface area contributed by atoms with Crippen LogP contribution in [0.25, 0.3) is 10.8 Å². The van der Waals surface area contributed by atoms with E-state index in [-0.39, 0.29) is 5.82 Å². The number of hydrogen-bond donors (Lipinski definition) is 1. The molecule has 2 rings (SSSR count). The van der Waals surface area contributed by atoms with Crippen molar-refractivity contribution in [1.82, 2.24) is 0 Å². The average Bonchev–Trinajstić information content (AvgIpc) is 2.27. The van der Waals surface area contributed by atoms with E-state index in [1.807, 2.05) is 6.07 Å². The molecule has 0 aliphatic heterocycles. The number of benzene rings is 2. The molecule has 0 spiro atoms. The molecule has 0 amide bonds. The van der Waals surface area contributed by atoms with Crippen LogP contribution in [0.5, 0.6) is 5.75 Å². The lowest BCUT2D eigenvalue weighted by atomic mass is 10.0. The maximum Gasteiger partial charge on any atom is 0.132 e. The highest BCUT2D eigenvalue weighted by Gasteiger charge is 2.10. The van der Waals surface area contributed by atoms with Crippen LogP contribution in [0.1, 0.15) is 18.9 Å². The van der Waals surface area contributed by atoms with Gasteiger partial charge in [0.2, 0.25) is 0 Å². The largest absolute Gasteiger partial charge is 0.507 e. The van der Waals surface area contributed by atoms with Gasteiger partial charge in [0.15, 0.2) is 0 Å². The van der Waals surface area contributed by atoms with Gasteiger partial charge in [-0.1, -0.05) is 19.4 Å². The molecular weight excluding hydrogens is 318 g/mol. The molecule has 0 unspecified atom stereocenters. The highest BCUT2D eigenvalue weighted by molar-refractivity contribution is 14.1. The highest BCUT2D eigenvalue weighted by Crippen LogP contribution is 2.33. The Labute approximate surface area is 107 Å². The van der Waals surface area contributed by atoms with Crippen LogP contribution in [0.2, 0.25) is 0 Å². The first kappa shape index (κ1) is 11.6. The van der Waals surface area contributed by atoms with Gasteiger partial charge in [-0.3, -0.25) is 0 Å². The maximum absolute atomic E-state index is 13.1. The first-order valence-corrected chi connectivity index (χ1v) is 6.31. The van der Waals surface area contributed by atoms with Gasteiger partial charge in [-0.25, -0.2) is 4.39 Å². The van der Waals surface area contributed by atoms with Gasteiger partial charge in [0.25, 0.3) is 0 Å². The molecular formula is C13H12FIO. The van der Waals surface area contributed by atoms with Gasteiger partial charge in [0, 0.05) is 5.39 Å². The molecule has 0 heterocycles. The van der Waals surface area contributed by atoms with Crippen LogP contribution in [-0.2, 0) is 6.42 Å². The van der Waals surface area contributed by atoms with Crippen LogP contribution in [-0.4, -0.2) is 5.11 Å². The highest BCUT2D eigenvalue weighted by atomic mass is 127. The quantitative estimate of drug-likeness (QED) is 0.817. The molecule has 84 valence electrons. The van der Waals surface area contributed by atoms with Crippen LogP contribution in [0, 0.1) is 9.39 Å². The van der Waals surface area contributed by atoms with Crippen molar-refractivity contribution in [1.29, 1.82) is 0 Å². The fraction of sp³-hybridized carbons (Fsp3) is 0.231. The third-order valence-electron chi connectivity index (χ3n) is 2.61. The van der Waals surface area contributed by atoms with E-state index in [1.165, 1.54) is 12.1 Å². The molecule has 3 heteroatoms. The minimum Gasteiger partial charge on any atom is -0.507 e. The molecule has 1 N–H and O–H groups in total. The Morgan fingerprint density at radius 1 is 1.31 bits per heavy atom. The predicted molar refractivity (Wildman–Crippen MR) is 72.3 cm³/mol. The molecule has 16 heavy (non-hydrogen) atoms. The molecule has 0 saturated heterocycles. The Kier molecular flexibility index (Phi) is 3.33. The Morgan fingerprint density at radius 3 is 2.75 bits per heavy atom. The number of aryl methyl sites for hydroxylation is 1. The second-order valence-corrected chi connectivity index (χ2v) is 4.89. The fourth-order valence-corrected chi connectivity index (χ4v) is 2.64. The van der Waals surface area contributed by atoms with E-state index in [9.17, 15) is 9.50 Å². The summed E-state index contributed by atoms with van der Waals surface area (Å²) >= 11 is 2.07. The van der Waals surface area contributed by atoms with Crippen molar-refractivity contribution in [3.8, 4) is 5.75 Å². The number of hydrogen-bond acceptors (Lipinski definition) is 1. The second kappa shape index (κ2) is 4.57. The lowest BCUT2D eigenvalue weighted by Gasteiger charge is -2.09. The van der Waals surface area contributed by atoms with E-state index >= 15 is 0 Å². The zero-order valence-corrected chi connectivity index (χ0v) is 11.1. The summed E-state index contributed by atoms with van der Waals surface area (Å²) in [6.07, 6.45) is 1.82. The van der Waals surface area contributed by atoms with Crippen molar-refractivity contribution in [2.24, 2.45) is 0 Å². The van der Waals surface area contributed by atoms with Crippen LogP contribution in [0.15, 0.2) is 24.3 Å². The van der Waals surface area contributed by atoms with E-state index in [4.69, 9.17) is 0 Å². The van der Waals surface area contributed by atoms with Crippen molar-refractivity contribution in [3.63, 3.8) is 0 Å². The number of halogens is 2. The zero-order valence-electron chi connectivity index (χ0n) is 8.93. The van der Waals surface area contributed by atoms with Crippen LogP contribution < -0.4 is 0 Å². The molecule has 0 aromatic heterocycles. The lowest BCUT2D eigenvalue weighted by molar-refractivity contribution is 0.465. The topological polar surface area (TPSA) is 20.2 Å². The van der Waals surface area contributed by atoms with E-state index < -0.39 is 0 Å². The normalized spacial score (nSPS) is 10.9. The minimum atomic E-state index is -0.270. The Morgan fingerprint density at radius 2 is 2.06 bits per heavy atom. The fourth-order valence-electron chi connectivity index (χ4n) is 1.83. The standard InChI is InChI=1S/C13H12FIO/c1-2-3-9-6-8-4-5-10(14)7-11(8)12(15)13(9)16/h4-7,16H,2-3H2,1H3. The molecule has 0 aliphatic rings. The molecule has 0 saturated carbocycles. The predicted octanol–water partition coefficient (Wildman–Crippen LogP) is 4.24. The summed E-state index contributed by atoms with van der Waals surface area (Å²) < 4.78 is 13.8. The Bertz CT molecular complexity index is 537. The Balaban J connectivity index is 2.72. The summed E-state index contributed by atoms with van der Waals surface area (Å²) in [5, 5.41) is 11.7. The molecule has 0 radical (unpaired) electrons. The average molecular weight is 330 g/mol. The van der Waals surface area contributed by atoms with Gasteiger partial charge in [0.05, 0.1) is 3.57 Å². The molecule has 0 aliphatic carbocycles. The molecule has 2 aromatic carbocycles. The lowest BCUT2D eigenvalue weighted by Crippen LogP contribution is -1.90. The smallest absolute Gasteiger partial charge is 0.132 e. The number of phenolic OH excluding ortho intramolecular Hbond substituents is 1. The number of rotatable bonds is 2. The third-order valence-corrected chi connectivity index (χ3v) is 3.70. The first-order valence-electron chi connectivity index (χ1n) is 5.23. The van der Waals surface area contributed by atoms with Crippen molar-refractivity contribution in [2.75, 3.05) is 0 Å². The summed E-state index contributed by atoms with van der Waals surface area (Å²) in [6.45, 7) is 2.07. The van der Waals surface area contributed by atoms with Crippen molar-refractivity contribution < 1.29 is 9.50 Å². The zero-order chi connectivity index (χ0) is 11.7. The molecule has 1 nitrogen and oxygen atoms in total. The van der Waals surface area contributed by atoms with E-state index in [0.29, 0.717) is 5.75 Å². The number of phenols is 1. The van der Waals surface area contributed by atoms with Gasteiger partial charge in [-0.2, -0.15) is 0 Å². The molecule has 0 atom stereocenters. The van der Waals surface area contributed by atoms with Crippen LogP contribution in [0.4, 0.5) is 4.39 Å². The van der Waals surface area contributed by atoms with Crippen LogP contribution in [0.3, 0.4) is 0 Å². The Hall–Kier alpha value is -0.840. The van der Waals surface area contributed by atoms with E-state index in [1.54, 1.807) is 6.07 Å². The van der Waals surface area contributed by atoms with Crippen molar-refractivity contribution in [2.45, 2.75) is 19.8 Å². The summed E-state index contributed by atoms with van der Waals surface area (Å²) in [7, 11) is 0. The van der Waals surface area contributed by atoms with Gasteiger partial charge in [-0.15, -0.1) is 0 Å². The summed E-state index contributed by atoms with van der Waals surface area (Å²) in [5.41, 5.74) is 0.936. The van der Waals surface area contributed by atoms with Crippen molar-refractivity contribution >= 4 is 33.4 Å². The number of fused-ring (bicyclic) bond motifs is 1. The second-order valence-electron chi connectivity index (χ2n) is 3.81. The first-order chi connectivity index (χ1) is 7.63. The molecule has 0 bridgehead atoms. The van der Waals surface area contributed by atoms with Gasteiger partial charge < -0.3 is 5.11 Å². The maximum atomic E-state index is 13.1. The van der Waals surface area contributed by atoms with Crippen LogP contribution >= 0.6 is 22.6 Å². The minimum absolute atomic E-state index is 0.270. The van der Waals surface area contributed by atoms with Crippen molar-refractivity contribution in [3.05, 3.63) is 39.2 Å². The molecule has 2 aromatic rings. The van der Waals surface area contributed by atoms with E-state index in [0.717, 1.165) is 32.7 Å². The molecule has 0 fully saturated rings.